The first-order chi connectivity index (χ1) is 10.8. The second-order valence-corrected chi connectivity index (χ2v) is 5.49. The molecule has 0 aliphatic rings. The number of benzene rings is 1. The summed E-state index contributed by atoms with van der Waals surface area (Å²) >= 11 is 0. The normalized spacial score (nSPS) is 12.2. The van der Waals surface area contributed by atoms with Gasteiger partial charge in [-0.25, -0.2) is 0 Å². The molecule has 2 N–H and O–H groups in total. The van der Waals surface area contributed by atoms with Crippen molar-refractivity contribution in [3.05, 3.63) is 46.0 Å². The number of carbonyl (C=O) groups is 2. The van der Waals surface area contributed by atoms with E-state index in [1.807, 2.05) is 13.8 Å². The third kappa shape index (κ3) is 6.29. The van der Waals surface area contributed by atoms with Crippen LogP contribution in [0.25, 0.3) is 6.08 Å². The Kier molecular flexibility index (Phi) is 6.92. The molecule has 1 atom stereocenters. The van der Waals surface area contributed by atoms with Crippen molar-refractivity contribution in [2.24, 2.45) is 5.92 Å². The minimum absolute atomic E-state index is 0.0457. The second kappa shape index (κ2) is 8.67. The number of nitrogens with zero attached hydrogens (tertiary/aromatic N) is 1. The van der Waals surface area contributed by atoms with E-state index in [2.05, 4.69) is 10.6 Å². The van der Waals surface area contributed by atoms with Crippen molar-refractivity contribution in [1.82, 2.24) is 10.6 Å². The van der Waals surface area contributed by atoms with Crippen LogP contribution in [0, 0.1) is 16.0 Å². The number of hydrogen-bond acceptors (Lipinski definition) is 4. The molecule has 23 heavy (non-hydrogen) atoms. The molecular weight excluding hydrogens is 298 g/mol. The molecule has 0 bridgehead atoms. The Morgan fingerprint density at radius 2 is 2.04 bits per heavy atom. The monoisotopic (exact) mass is 319 g/mol. The molecule has 1 rings (SSSR count). The fraction of sp³-hybridized carbons (Fsp3) is 0.375. The number of hydrogen-bond donors (Lipinski definition) is 2. The van der Waals surface area contributed by atoms with Gasteiger partial charge in [-0.2, -0.15) is 0 Å². The van der Waals surface area contributed by atoms with Crippen LogP contribution in [0.15, 0.2) is 30.3 Å². The quantitative estimate of drug-likeness (QED) is 0.455. The highest BCUT2D eigenvalue weighted by Crippen LogP contribution is 2.14. The van der Waals surface area contributed by atoms with Crippen molar-refractivity contribution in [1.29, 1.82) is 0 Å². The van der Waals surface area contributed by atoms with Gasteiger partial charge in [0.1, 0.15) is 6.04 Å². The highest BCUT2D eigenvalue weighted by atomic mass is 16.6. The van der Waals surface area contributed by atoms with Crippen molar-refractivity contribution in [3.63, 3.8) is 0 Å². The zero-order chi connectivity index (χ0) is 17.4. The van der Waals surface area contributed by atoms with Crippen LogP contribution < -0.4 is 10.6 Å². The smallest absolute Gasteiger partial charge is 0.270 e. The lowest BCUT2D eigenvalue weighted by atomic mass is 10.0. The number of likely N-dealkylation sites (N-methyl/N-ethyl adjacent to an activating group) is 1. The molecule has 1 aromatic rings. The fourth-order valence-corrected chi connectivity index (χ4v) is 2.01. The fourth-order valence-electron chi connectivity index (χ4n) is 2.01. The summed E-state index contributed by atoms with van der Waals surface area (Å²) < 4.78 is 0. The maximum absolute atomic E-state index is 11.9. The SMILES string of the molecule is CNC(=O)C(CC(C)C)NC(=O)C=Cc1cccc([N+](=O)[O-])c1. The van der Waals surface area contributed by atoms with Gasteiger partial charge in [0.25, 0.3) is 5.69 Å². The van der Waals surface area contributed by atoms with Gasteiger partial charge in [-0.3, -0.25) is 19.7 Å². The minimum Gasteiger partial charge on any atom is -0.357 e. The van der Waals surface area contributed by atoms with Crippen LogP contribution in [0.3, 0.4) is 0 Å². The van der Waals surface area contributed by atoms with Gasteiger partial charge in [0.05, 0.1) is 4.92 Å². The summed E-state index contributed by atoms with van der Waals surface area (Å²) in [6.07, 6.45) is 3.25. The molecule has 0 aliphatic carbocycles. The van der Waals surface area contributed by atoms with Crippen LogP contribution in [-0.4, -0.2) is 29.8 Å². The van der Waals surface area contributed by atoms with Crippen molar-refractivity contribution < 1.29 is 14.5 Å². The lowest BCUT2D eigenvalue weighted by Crippen LogP contribution is -2.45. The minimum atomic E-state index is -0.609. The average molecular weight is 319 g/mol. The zero-order valence-electron chi connectivity index (χ0n) is 13.4. The first kappa shape index (κ1) is 18.3. The third-order valence-corrected chi connectivity index (χ3v) is 3.09. The Bertz CT molecular complexity index is 611. The molecule has 0 radical (unpaired) electrons. The van der Waals surface area contributed by atoms with Gasteiger partial charge in [0, 0.05) is 25.3 Å². The first-order valence-corrected chi connectivity index (χ1v) is 7.28. The zero-order valence-corrected chi connectivity index (χ0v) is 13.4. The molecule has 0 spiro atoms. The standard InChI is InChI=1S/C16H21N3O4/c1-11(2)9-14(16(21)17-3)18-15(20)8-7-12-5-4-6-13(10-12)19(22)23/h4-8,10-11,14H,9H2,1-3H3,(H,17,21)(H,18,20). The summed E-state index contributed by atoms with van der Waals surface area (Å²) in [4.78, 5) is 33.9. The lowest BCUT2D eigenvalue weighted by Gasteiger charge is -2.18. The Morgan fingerprint density at radius 3 is 2.61 bits per heavy atom. The van der Waals surface area contributed by atoms with Crippen LogP contribution >= 0.6 is 0 Å². The summed E-state index contributed by atoms with van der Waals surface area (Å²) in [5.74, 6) is -0.431. The molecule has 7 nitrogen and oxygen atoms in total. The van der Waals surface area contributed by atoms with E-state index in [0.717, 1.165) is 0 Å². The summed E-state index contributed by atoms with van der Waals surface area (Å²) in [7, 11) is 1.51. The van der Waals surface area contributed by atoms with Crippen LogP contribution in [-0.2, 0) is 9.59 Å². The predicted octanol–water partition coefficient (Wildman–Crippen LogP) is 1.88. The van der Waals surface area contributed by atoms with Crippen molar-refractivity contribution >= 4 is 23.6 Å². The summed E-state index contributed by atoms with van der Waals surface area (Å²) in [5.41, 5.74) is 0.491. The molecule has 0 saturated carbocycles. The Hall–Kier alpha value is -2.70. The maximum atomic E-state index is 11.9. The Morgan fingerprint density at radius 1 is 1.35 bits per heavy atom. The molecule has 0 aromatic heterocycles. The second-order valence-electron chi connectivity index (χ2n) is 5.49. The number of amides is 2. The van der Waals surface area contributed by atoms with Crippen LogP contribution in [0.1, 0.15) is 25.8 Å². The molecule has 0 aliphatic heterocycles. The van der Waals surface area contributed by atoms with Gasteiger partial charge >= 0.3 is 0 Å². The number of nitro groups is 1. The Labute approximate surface area is 134 Å². The van der Waals surface area contributed by atoms with E-state index in [9.17, 15) is 19.7 Å². The first-order valence-electron chi connectivity index (χ1n) is 7.28. The molecule has 1 unspecified atom stereocenters. The van der Waals surface area contributed by atoms with E-state index >= 15 is 0 Å². The number of non-ortho nitro benzene ring substituents is 1. The van der Waals surface area contributed by atoms with Gasteiger partial charge in [0.2, 0.25) is 11.8 Å². The lowest BCUT2D eigenvalue weighted by molar-refractivity contribution is -0.384. The Balaban J connectivity index is 2.75. The highest BCUT2D eigenvalue weighted by Gasteiger charge is 2.19. The number of nitro benzene ring substituents is 1. The van der Waals surface area contributed by atoms with Crippen LogP contribution in [0.4, 0.5) is 5.69 Å². The molecule has 2 amide bonds. The summed E-state index contributed by atoms with van der Waals surface area (Å²) in [6, 6.07) is 5.33. The summed E-state index contributed by atoms with van der Waals surface area (Å²) in [5, 5.41) is 15.9. The van der Waals surface area contributed by atoms with E-state index in [1.165, 1.54) is 31.3 Å². The van der Waals surface area contributed by atoms with Gasteiger partial charge in [0.15, 0.2) is 0 Å². The van der Waals surface area contributed by atoms with E-state index < -0.39 is 16.9 Å². The van der Waals surface area contributed by atoms with Gasteiger partial charge in [-0.1, -0.05) is 26.0 Å². The molecule has 7 heteroatoms. The molecular formula is C16H21N3O4. The molecule has 0 saturated heterocycles. The number of carbonyl (C=O) groups excluding carboxylic acids is 2. The average Bonchev–Trinajstić information content (AvgIpc) is 2.51. The number of rotatable bonds is 7. The molecule has 0 heterocycles. The maximum Gasteiger partial charge on any atom is 0.270 e. The van der Waals surface area contributed by atoms with Gasteiger partial charge < -0.3 is 10.6 Å². The topological polar surface area (TPSA) is 101 Å². The van der Waals surface area contributed by atoms with Crippen LogP contribution in [0.2, 0.25) is 0 Å². The van der Waals surface area contributed by atoms with Gasteiger partial charge in [-0.15, -0.1) is 0 Å². The van der Waals surface area contributed by atoms with Crippen molar-refractivity contribution in [2.45, 2.75) is 26.3 Å². The van der Waals surface area contributed by atoms with Crippen molar-refractivity contribution in [2.75, 3.05) is 7.05 Å². The van der Waals surface area contributed by atoms with E-state index in [1.54, 1.807) is 12.1 Å². The van der Waals surface area contributed by atoms with E-state index in [4.69, 9.17) is 0 Å². The molecule has 0 fully saturated rings. The number of nitrogens with one attached hydrogen (secondary N) is 2. The molecule has 124 valence electrons. The van der Waals surface area contributed by atoms with Gasteiger partial charge in [-0.05, 0) is 24.0 Å². The van der Waals surface area contributed by atoms with E-state index in [0.29, 0.717) is 12.0 Å². The van der Waals surface area contributed by atoms with Crippen LogP contribution in [0.5, 0.6) is 0 Å². The van der Waals surface area contributed by atoms with Crippen molar-refractivity contribution in [3.8, 4) is 0 Å². The third-order valence-electron chi connectivity index (χ3n) is 3.09. The molecule has 1 aromatic carbocycles. The predicted molar refractivity (Wildman–Crippen MR) is 87.6 cm³/mol. The highest BCUT2D eigenvalue weighted by molar-refractivity contribution is 5.95. The summed E-state index contributed by atoms with van der Waals surface area (Å²) in [6.45, 7) is 3.92. The largest absolute Gasteiger partial charge is 0.357 e. The van der Waals surface area contributed by atoms with E-state index in [-0.39, 0.29) is 17.5 Å².